The molecule has 4 nitrogen and oxygen atoms in total. The molecule has 1 aromatic carbocycles. The topological polar surface area (TPSA) is 47.7 Å². The van der Waals surface area contributed by atoms with E-state index in [-0.39, 0.29) is 0 Å². The molecule has 1 rings (SSSR count). The third kappa shape index (κ3) is 6.89. The zero-order valence-corrected chi connectivity index (χ0v) is 13.0. The monoisotopic (exact) mass is 280 g/mol. The zero-order chi connectivity index (χ0) is 14.8. The highest BCUT2D eigenvalue weighted by Crippen LogP contribution is 2.12. The molecule has 0 fully saturated rings. The second-order valence-corrected chi connectivity index (χ2v) is 5.27. The van der Waals surface area contributed by atoms with Crippen molar-refractivity contribution in [3.8, 4) is 0 Å². The molecular formula is C16H28N2O2. The van der Waals surface area contributed by atoms with E-state index in [9.17, 15) is 0 Å². The van der Waals surface area contributed by atoms with Gasteiger partial charge in [0.05, 0.1) is 13.2 Å². The summed E-state index contributed by atoms with van der Waals surface area (Å²) in [5, 5.41) is 0. The summed E-state index contributed by atoms with van der Waals surface area (Å²) < 4.78 is 10.5. The van der Waals surface area contributed by atoms with E-state index in [1.54, 1.807) is 7.11 Å². The van der Waals surface area contributed by atoms with Gasteiger partial charge in [-0.1, -0.05) is 12.1 Å². The van der Waals surface area contributed by atoms with Gasteiger partial charge < -0.3 is 15.2 Å². The Hall–Kier alpha value is -1.10. The van der Waals surface area contributed by atoms with Crippen molar-refractivity contribution in [1.29, 1.82) is 0 Å². The SMILES string of the molecule is COCCOCCCN(Cc1cccc(N)c1)C(C)C. The Kier molecular flexibility index (Phi) is 8.26. The van der Waals surface area contributed by atoms with Crippen LogP contribution in [0.2, 0.25) is 0 Å². The minimum absolute atomic E-state index is 0.510. The summed E-state index contributed by atoms with van der Waals surface area (Å²) in [6, 6.07) is 8.62. The van der Waals surface area contributed by atoms with Gasteiger partial charge in [-0.15, -0.1) is 0 Å². The molecular weight excluding hydrogens is 252 g/mol. The predicted octanol–water partition coefficient (Wildman–Crippen LogP) is 2.53. The molecule has 0 unspecified atom stereocenters. The number of nitrogens with two attached hydrogens (primary N) is 1. The van der Waals surface area contributed by atoms with Crippen LogP contribution >= 0.6 is 0 Å². The highest BCUT2D eigenvalue weighted by molar-refractivity contribution is 5.40. The highest BCUT2D eigenvalue weighted by Gasteiger charge is 2.09. The quantitative estimate of drug-likeness (QED) is 0.528. The molecule has 0 aliphatic rings. The third-order valence-electron chi connectivity index (χ3n) is 3.23. The van der Waals surface area contributed by atoms with Crippen molar-refractivity contribution < 1.29 is 9.47 Å². The molecule has 0 atom stereocenters. The van der Waals surface area contributed by atoms with E-state index in [4.69, 9.17) is 15.2 Å². The van der Waals surface area contributed by atoms with Crippen molar-refractivity contribution in [2.45, 2.75) is 32.9 Å². The van der Waals surface area contributed by atoms with Crippen LogP contribution in [0.15, 0.2) is 24.3 Å². The lowest BCUT2D eigenvalue weighted by molar-refractivity contribution is 0.0630. The third-order valence-corrected chi connectivity index (χ3v) is 3.23. The van der Waals surface area contributed by atoms with E-state index in [0.717, 1.165) is 31.8 Å². The first-order valence-corrected chi connectivity index (χ1v) is 7.28. The minimum atomic E-state index is 0.510. The van der Waals surface area contributed by atoms with Crippen LogP contribution in [0.5, 0.6) is 0 Å². The number of ether oxygens (including phenoxy) is 2. The number of nitrogen functional groups attached to an aromatic ring is 1. The standard InChI is InChI=1S/C16H28N2O2/c1-14(2)18(8-5-9-20-11-10-19-3)13-15-6-4-7-16(17)12-15/h4,6-7,12,14H,5,8-11,13,17H2,1-3H3. The Morgan fingerprint density at radius 1 is 1.20 bits per heavy atom. The van der Waals surface area contributed by atoms with Crippen molar-refractivity contribution in [3.05, 3.63) is 29.8 Å². The van der Waals surface area contributed by atoms with Gasteiger partial charge in [0.2, 0.25) is 0 Å². The lowest BCUT2D eigenvalue weighted by Crippen LogP contribution is -2.32. The summed E-state index contributed by atoms with van der Waals surface area (Å²) in [5.74, 6) is 0. The lowest BCUT2D eigenvalue weighted by atomic mass is 10.1. The van der Waals surface area contributed by atoms with Crippen LogP contribution in [0, 0.1) is 0 Å². The fourth-order valence-electron chi connectivity index (χ4n) is 2.06. The van der Waals surface area contributed by atoms with Crippen molar-refractivity contribution in [2.75, 3.05) is 39.2 Å². The van der Waals surface area contributed by atoms with Gasteiger partial charge in [0.15, 0.2) is 0 Å². The van der Waals surface area contributed by atoms with E-state index < -0.39 is 0 Å². The molecule has 0 amide bonds. The number of methoxy groups -OCH3 is 1. The molecule has 0 spiro atoms. The molecule has 0 saturated carbocycles. The normalized spacial score (nSPS) is 11.4. The maximum Gasteiger partial charge on any atom is 0.0700 e. The Balaban J connectivity index is 2.33. The van der Waals surface area contributed by atoms with E-state index >= 15 is 0 Å². The highest BCUT2D eigenvalue weighted by atomic mass is 16.5. The van der Waals surface area contributed by atoms with Crippen LogP contribution in [0.25, 0.3) is 0 Å². The average Bonchev–Trinajstić information content (AvgIpc) is 2.41. The van der Waals surface area contributed by atoms with E-state index in [1.165, 1.54) is 5.56 Å². The van der Waals surface area contributed by atoms with Crippen LogP contribution in [-0.2, 0) is 16.0 Å². The Labute approximate surface area is 122 Å². The fourth-order valence-corrected chi connectivity index (χ4v) is 2.06. The van der Waals surface area contributed by atoms with Gasteiger partial charge >= 0.3 is 0 Å². The van der Waals surface area contributed by atoms with Crippen LogP contribution in [-0.4, -0.2) is 44.4 Å². The van der Waals surface area contributed by atoms with Gasteiger partial charge in [0.1, 0.15) is 0 Å². The minimum Gasteiger partial charge on any atom is -0.399 e. The number of hydrogen-bond donors (Lipinski definition) is 1. The van der Waals surface area contributed by atoms with E-state index in [0.29, 0.717) is 19.3 Å². The molecule has 0 radical (unpaired) electrons. The number of rotatable bonds is 10. The molecule has 0 aliphatic carbocycles. The maximum absolute atomic E-state index is 5.83. The van der Waals surface area contributed by atoms with E-state index in [2.05, 4.69) is 24.8 Å². The van der Waals surface area contributed by atoms with Gasteiger partial charge in [0.25, 0.3) is 0 Å². The molecule has 20 heavy (non-hydrogen) atoms. The molecule has 2 N–H and O–H groups in total. The van der Waals surface area contributed by atoms with Crippen molar-refractivity contribution in [2.24, 2.45) is 0 Å². The lowest BCUT2D eigenvalue weighted by Gasteiger charge is -2.26. The van der Waals surface area contributed by atoms with Crippen molar-refractivity contribution >= 4 is 5.69 Å². The van der Waals surface area contributed by atoms with Gasteiger partial charge in [0, 0.05) is 38.5 Å². The smallest absolute Gasteiger partial charge is 0.0700 e. The first-order chi connectivity index (χ1) is 9.63. The summed E-state index contributed by atoms with van der Waals surface area (Å²) in [6.45, 7) is 8.52. The molecule has 1 aromatic rings. The molecule has 0 bridgehead atoms. The predicted molar refractivity (Wildman–Crippen MR) is 83.7 cm³/mol. The second-order valence-electron chi connectivity index (χ2n) is 5.27. The Morgan fingerprint density at radius 3 is 2.65 bits per heavy atom. The summed E-state index contributed by atoms with van der Waals surface area (Å²) in [4.78, 5) is 2.44. The van der Waals surface area contributed by atoms with Gasteiger partial charge in [-0.2, -0.15) is 0 Å². The summed E-state index contributed by atoms with van der Waals surface area (Å²) in [7, 11) is 1.69. The van der Waals surface area contributed by atoms with Crippen LogP contribution < -0.4 is 5.73 Å². The Bertz CT molecular complexity index is 369. The second kappa shape index (κ2) is 9.75. The van der Waals surface area contributed by atoms with Crippen LogP contribution in [0.4, 0.5) is 5.69 Å². The van der Waals surface area contributed by atoms with Gasteiger partial charge in [-0.05, 0) is 38.0 Å². The summed E-state index contributed by atoms with van der Waals surface area (Å²) in [5.41, 5.74) is 7.92. The van der Waals surface area contributed by atoms with Gasteiger partial charge in [-0.25, -0.2) is 0 Å². The van der Waals surface area contributed by atoms with Crippen LogP contribution in [0.3, 0.4) is 0 Å². The maximum atomic E-state index is 5.83. The van der Waals surface area contributed by atoms with E-state index in [1.807, 2.05) is 18.2 Å². The summed E-state index contributed by atoms with van der Waals surface area (Å²) >= 11 is 0. The Morgan fingerprint density at radius 2 is 2.00 bits per heavy atom. The summed E-state index contributed by atoms with van der Waals surface area (Å²) in [6.07, 6.45) is 1.03. The molecule has 0 saturated heterocycles. The van der Waals surface area contributed by atoms with Crippen molar-refractivity contribution in [1.82, 2.24) is 4.90 Å². The molecule has 0 aliphatic heterocycles. The molecule has 0 heterocycles. The first-order valence-electron chi connectivity index (χ1n) is 7.28. The zero-order valence-electron chi connectivity index (χ0n) is 13.0. The fraction of sp³-hybridized carbons (Fsp3) is 0.625. The number of hydrogen-bond acceptors (Lipinski definition) is 4. The van der Waals surface area contributed by atoms with Crippen LogP contribution in [0.1, 0.15) is 25.8 Å². The largest absolute Gasteiger partial charge is 0.399 e. The number of benzene rings is 1. The molecule has 4 heteroatoms. The van der Waals surface area contributed by atoms with Gasteiger partial charge in [-0.3, -0.25) is 4.90 Å². The number of nitrogens with zero attached hydrogens (tertiary/aromatic N) is 1. The number of anilines is 1. The average molecular weight is 280 g/mol. The first kappa shape index (κ1) is 17.0. The molecule has 114 valence electrons. The molecule has 0 aromatic heterocycles. The van der Waals surface area contributed by atoms with Crippen molar-refractivity contribution in [3.63, 3.8) is 0 Å².